The van der Waals surface area contributed by atoms with Gasteiger partial charge >= 0.3 is 0 Å². The molecule has 0 amide bonds. The number of hydrogen-bond donors (Lipinski definition) is 0. The predicted octanol–water partition coefficient (Wildman–Crippen LogP) is 4.16. The van der Waals surface area contributed by atoms with Crippen molar-refractivity contribution >= 4 is 15.9 Å². The van der Waals surface area contributed by atoms with Crippen molar-refractivity contribution in [1.29, 1.82) is 0 Å². The Bertz CT molecular complexity index is 158. The van der Waals surface area contributed by atoms with E-state index in [-0.39, 0.29) is 0 Å². The van der Waals surface area contributed by atoms with E-state index in [0.29, 0.717) is 5.41 Å². The summed E-state index contributed by atoms with van der Waals surface area (Å²) in [6.07, 6.45) is 2.51. The van der Waals surface area contributed by atoms with Gasteiger partial charge in [0.05, 0.1) is 0 Å². The van der Waals surface area contributed by atoms with Crippen LogP contribution in [0.15, 0.2) is 0 Å². The van der Waals surface area contributed by atoms with Crippen LogP contribution in [0.25, 0.3) is 0 Å². The molecular formula is C13H28BrN. The van der Waals surface area contributed by atoms with Gasteiger partial charge in [-0.25, -0.2) is 0 Å². The van der Waals surface area contributed by atoms with E-state index in [1.54, 1.807) is 0 Å². The van der Waals surface area contributed by atoms with Gasteiger partial charge in [-0.2, -0.15) is 0 Å². The first-order valence-corrected chi connectivity index (χ1v) is 7.25. The molecule has 0 aromatic rings. The minimum absolute atomic E-state index is 0.393. The molecule has 1 nitrogen and oxygen atoms in total. The van der Waals surface area contributed by atoms with Crippen LogP contribution in [0, 0.1) is 11.3 Å². The van der Waals surface area contributed by atoms with E-state index in [4.69, 9.17) is 0 Å². The van der Waals surface area contributed by atoms with Crippen LogP contribution in [0.3, 0.4) is 0 Å². The highest BCUT2D eigenvalue weighted by atomic mass is 79.9. The molecular weight excluding hydrogens is 250 g/mol. The molecule has 0 N–H and O–H groups in total. The highest BCUT2D eigenvalue weighted by Gasteiger charge is 2.26. The summed E-state index contributed by atoms with van der Waals surface area (Å²) in [6.45, 7) is 12.8. The Kier molecular flexibility index (Phi) is 7.10. The van der Waals surface area contributed by atoms with Gasteiger partial charge in [0, 0.05) is 17.9 Å². The molecule has 92 valence electrons. The summed E-state index contributed by atoms with van der Waals surface area (Å²) in [6, 6.07) is 0.744. The maximum Gasteiger partial charge on any atom is 0.00870 e. The second-order valence-corrected chi connectivity index (χ2v) is 6.27. The van der Waals surface area contributed by atoms with Gasteiger partial charge in [-0.15, -0.1) is 0 Å². The smallest absolute Gasteiger partial charge is 0.00870 e. The van der Waals surface area contributed by atoms with Crippen LogP contribution in [-0.4, -0.2) is 29.9 Å². The summed E-state index contributed by atoms with van der Waals surface area (Å²) < 4.78 is 0. The van der Waals surface area contributed by atoms with Crippen molar-refractivity contribution in [1.82, 2.24) is 4.90 Å². The molecule has 0 radical (unpaired) electrons. The van der Waals surface area contributed by atoms with Crippen LogP contribution < -0.4 is 0 Å². The van der Waals surface area contributed by atoms with Crippen molar-refractivity contribution < 1.29 is 0 Å². The third-order valence-electron chi connectivity index (χ3n) is 3.49. The summed E-state index contributed by atoms with van der Waals surface area (Å²) in [7, 11) is 2.26. The zero-order valence-corrected chi connectivity index (χ0v) is 12.9. The summed E-state index contributed by atoms with van der Waals surface area (Å²) in [4.78, 5) is 2.52. The number of nitrogens with zero attached hydrogens (tertiary/aromatic N) is 1. The normalized spacial score (nSPS) is 15.0. The maximum absolute atomic E-state index is 3.65. The van der Waals surface area contributed by atoms with Crippen LogP contribution in [0.4, 0.5) is 0 Å². The molecule has 0 rings (SSSR count). The average Bonchev–Trinajstić information content (AvgIpc) is 2.14. The molecule has 0 aliphatic rings. The fourth-order valence-electron chi connectivity index (χ4n) is 1.96. The quantitative estimate of drug-likeness (QED) is 0.659. The minimum Gasteiger partial charge on any atom is -0.303 e. The van der Waals surface area contributed by atoms with Crippen molar-refractivity contribution in [3.05, 3.63) is 0 Å². The number of alkyl halides is 1. The minimum atomic E-state index is 0.393. The molecule has 1 atom stereocenters. The molecule has 0 aliphatic heterocycles. The van der Waals surface area contributed by atoms with Gasteiger partial charge in [0.25, 0.3) is 0 Å². The topological polar surface area (TPSA) is 3.24 Å². The van der Waals surface area contributed by atoms with E-state index >= 15 is 0 Å². The first-order chi connectivity index (χ1) is 6.86. The molecule has 0 aromatic heterocycles. The zero-order chi connectivity index (χ0) is 12.1. The Hall–Kier alpha value is 0.440. The van der Waals surface area contributed by atoms with Crippen molar-refractivity contribution in [2.24, 2.45) is 11.3 Å². The van der Waals surface area contributed by atoms with Crippen molar-refractivity contribution in [3.63, 3.8) is 0 Å². The van der Waals surface area contributed by atoms with Gasteiger partial charge < -0.3 is 4.90 Å². The molecule has 2 heteroatoms. The van der Waals surface area contributed by atoms with Gasteiger partial charge in [-0.3, -0.25) is 0 Å². The lowest BCUT2D eigenvalue weighted by atomic mass is 9.81. The predicted molar refractivity (Wildman–Crippen MR) is 73.7 cm³/mol. The van der Waals surface area contributed by atoms with Gasteiger partial charge in [0.15, 0.2) is 0 Å². The molecule has 0 fully saturated rings. The molecule has 0 bridgehead atoms. The second-order valence-electron chi connectivity index (χ2n) is 5.63. The standard InChI is InChI=1S/C13H28BrN/c1-7-12(8-2)15(6)10-11(9-14)13(3,4)5/h11-12H,7-10H2,1-6H3. The van der Waals surface area contributed by atoms with Crippen LogP contribution in [0.2, 0.25) is 0 Å². The van der Waals surface area contributed by atoms with E-state index < -0.39 is 0 Å². The first-order valence-electron chi connectivity index (χ1n) is 6.12. The molecule has 0 spiro atoms. The highest BCUT2D eigenvalue weighted by Crippen LogP contribution is 2.28. The van der Waals surface area contributed by atoms with Crippen LogP contribution in [0.5, 0.6) is 0 Å². The lowest BCUT2D eigenvalue weighted by Crippen LogP contribution is -2.39. The fraction of sp³-hybridized carbons (Fsp3) is 1.00. The van der Waals surface area contributed by atoms with Crippen LogP contribution in [0.1, 0.15) is 47.5 Å². The number of rotatable bonds is 6. The third-order valence-corrected chi connectivity index (χ3v) is 4.27. The zero-order valence-electron chi connectivity index (χ0n) is 11.3. The monoisotopic (exact) mass is 277 g/mol. The lowest BCUT2D eigenvalue weighted by molar-refractivity contribution is 0.146. The SMILES string of the molecule is CCC(CC)N(C)CC(CBr)C(C)(C)C. The van der Waals surface area contributed by atoms with E-state index in [9.17, 15) is 0 Å². The van der Waals surface area contributed by atoms with Gasteiger partial charge in [0.2, 0.25) is 0 Å². The fourth-order valence-corrected chi connectivity index (χ4v) is 3.14. The van der Waals surface area contributed by atoms with E-state index in [2.05, 4.69) is 62.5 Å². The van der Waals surface area contributed by atoms with Crippen LogP contribution in [-0.2, 0) is 0 Å². The van der Waals surface area contributed by atoms with E-state index in [1.165, 1.54) is 19.4 Å². The summed E-state index contributed by atoms with van der Waals surface area (Å²) in [5, 5.41) is 1.10. The summed E-state index contributed by atoms with van der Waals surface area (Å²) in [5.41, 5.74) is 0.393. The second kappa shape index (κ2) is 6.90. The molecule has 0 saturated carbocycles. The summed E-state index contributed by atoms with van der Waals surface area (Å²) >= 11 is 3.65. The third kappa shape index (κ3) is 5.35. The Morgan fingerprint density at radius 1 is 1.13 bits per heavy atom. The number of hydrogen-bond acceptors (Lipinski definition) is 1. The Labute approximate surface area is 105 Å². The van der Waals surface area contributed by atoms with E-state index in [0.717, 1.165) is 17.3 Å². The number of halogens is 1. The largest absolute Gasteiger partial charge is 0.303 e. The van der Waals surface area contributed by atoms with Gasteiger partial charge in [-0.05, 0) is 31.2 Å². The maximum atomic E-state index is 3.65. The molecule has 0 aliphatic carbocycles. The average molecular weight is 278 g/mol. The summed E-state index contributed by atoms with van der Waals surface area (Å²) in [5.74, 6) is 0.725. The van der Waals surface area contributed by atoms with Crippen molar-refractivity contribution in [2.75, 3.05) is 18.9 Å². The lowest BCUT2D eigenvalue weighted by Gasteiger charge is -2.35. The molecule has 15 heavy (non-hydrogen) atoms. The Balaban J connectivity index is 4.29. The molecule has 0 heterocycles. The molecule has 0 aromatic carbocycles. The van der Waals surface area contributed by atoms with Crippen LogP contribution >= 0.6 is 15.9 Å². The first kappa shape index (κ1) is 15.4. The highest BCUT2D eigenvalue weighted by molar-refractivity contribution is 9.09. The van der Waals surface area contributed by atoms with Crippen molar-refractivity contribution in [2.45, 2.75) is 53.5 Å². The molecule has 0 saturated heterocycles. The molecule has 1 unspecified atom stereocenters. The Morgan fingerprint density at radius 3 is 1.87 bits per heavy atom. The van der Waals surface area contributed by atoms with Gasteiger partial charge in [-0.1, -0.05) is 50.5 Å². The van der Waals surface area contributed by atoms with Gasteiger partial charge in [0.1, 0.15) is 0 Å². The van der Waals surface area contributed by atoms with E-state index in [1.807, 2.05) is 0 Å². The van der Waals surface area contributed by atoms with Crippen molar-refractivity contribution in [3.8, 4) is 0 Å². The Morgan fingerprint density at radius 2 is 1.60 bits per heavy atom.